The molecule has 0 amide bonds. The van der Waals surface area contributed by atoms with Crippen LogP contribution in [0.25, 0.3) is 10.9 Å². The van der Waals surface area contributed by atoms with E-state index in [1.165, 1.54) is 0 Å². The highest BCUT2D eigenvalue weighted by atomic mass is 32.2. The molecule has 0 bridgehead atoms. The van der Waals surface area contributed by atoms with Crippen LogP contribution < -0.4 is 0 Å². The Kier molecular flexibility index (Phi) is 2.59. The van der Waals surface area contributed by atoms with Gasteiger partial charge in [-0.15, -0.1) is 11.8 Å². The first kappa shape index (κ1) is 9.34. The number of hydrogen-bond acceptors (Lipinski definition) is 2. The molecular formula is C11H11NOS. The molecule has 0 spiro atoms. The maximum absolute atomic E-state index is 10.8. The predicted molar refractivity (Wildman–Crippen MR) is 60.8 cm³/mol. The second kappa shape index (κ2) is 3.88. The van der Waals surface area contributed by atoms with Crippen LogP contribution in [0.15, 0.2) is 30.5 Å². The summed E-state index contributed by atoms with van der Waals surface area (Å²) < 4.78 is 2.10. The number of thioether (sulfide) groups is 1. The van der Waals surface area contributed by atoms with Gasteiger partial charge in [0.2, 0.25) is 0 Å². The number of aldehydes is 1. The molecule has 0 atom stereocenters. The highest BCUT2D eigenvalue weighted by Gasteiger charge is 2.05. The summed E-state index contributed by atoms with van der Waals surface area (Å²) in [6.45, 7) is 0. The number of hydrogen-bond donors (Lipinski definition) is 0. The third-order valence-corrected chi connectivity index (χ3v) is 2.75. The van der Waals surface area contributed by atoms with Gasteiger partial charge in [0.05, 0.1) is 5.88 Å². The number of carbonyl (C=O) groups is 1. The van der Waals surface area contributed by atoms with Gasteiger partial charge in [-0.2, -0.15) is 0 Å². The molecule has 0 N–H and O–H groups in total. The van der Waals surface area contributed by atoms with Crippen molar-refractivity contribution in [2.45, 2.75) is 5.88 Å². The summed E-state index contributed by atoms with van der Waals surface area (Å²) in [7, 11) is 0. The zero-order valence-electron chi connectivity index (χ0n) is 7.93. The van der Waals surface area contributed by atoms with Crippen molar-refractivity contribution in [3.63, 3.8) is 0 Å². The molecule has 72 valence electrons. The van der Waals surface area contributed by atoms with E-state index in [2.05, 4.69) is 10.8 Å². The van der Waals surface area contributed by atoms with Gasteiger partial charge >= 0.3 is 0 Å². The standard InChI is InChI=1S/C11H11NOS/c1-14-8-12-6-9(7-13)10-4-2-3-5-11(10)12/h2-7H,8H2,1H3. The summed E-state index contributed by atoms with van der Waals surface area (Å²) in [5.41, 5.74) is 1.90. The van der Waals surface area contributed by atoms with E-state index in [0.29, 0.717) is 0 Å². The molecule has 0 aliphatic rings. The minimum Gasteiger partial charge on any atom is -0.337 e. The first-order valence-electron chi connectivity index (χ1n) is 4.39. The fourth-order valence-electron chi connectivity index (χ4n) is 1.61. The number of fused-ring (bicyclic) bond motifs is 1. The predicted octanol–water partition coefficient (Wildman–Crippen LogP) is 2.77. The van der Waals surface area contributed by atoms with E-state index < -0.39 is 0 Å². The van der Waals surface area contributed by atoms with Gasteiger partial charge in [-0.25, -0.2) is 0 Å². The fraction of sp³-hybridized carbons (Fsp3) is 0.182. The molecule has 2 nitrogen and oxygen atoms in total. The number of benzene rings is 1. The van der Waals surface area contributed by atoms with E-state index >= 15 is 0 Å². The minimum absolute atomic E-state index is 0.773. The van der Waals surface area contributed by atoms with Gasteiger partial charge in [0, 0.05) is 22.7 Å². The van der Waals surface area contributed by atoms with Crippen molar-refractivity contribution >= 4 is 29.0 Å². The minimum atomic E-state index is 0.773. The lowest BCUT2D eigenvalue weighted by Crippen LogP contribution is -1.90. The van der Waals surface area contributed by atoms with Gasteiger partial charge in [-0.1, -0.05) is 18.2 Å². The van der Waals surface area contributed by atoms with Crippen LogP contribution in [0.1, 0.15) is 10.4 Å². The molecule has 0 aliphatic carbocycles. The molecule has 0 fully saturated rings. The average Bonchev–Trinajstić information content (AvgIpc) is 2.58. The Morgan fingerprint density at radius 2 is 2.21 bits per heavy atom. The average molecular weight is 205 g/mol. The van der Waals surface area contributed by atoms with Crippen LogP contribution in [-0.4, -0.2) is 17.1 Å². The van der Waals surface area contributed by atoms with E-state index in [9.17, 15) is 4.79 Å². The van der Waals surface area contributed by atoms with Crippen LogP contribution in [0.3, 0.4) is 0 Å². The zero-order valence-corrected chi connectivity index (χ0v) is 8.75. The van der Waals surface area contributed by atoms with Crippen LogP contribution in [0, 0.1) is 0 Å². The molecule has 14 heavy (non-hydrogen) atoms. The molecule has 1 aromatic carbocycles. The Morgan fingerprint density at radius 3 is 2.93 bits per heavy atom. The molecule has 1 heterocycles. The van der Waals surface area contributed by atoms with Gasteiger partial charge in [0.15, 0.2) is 6.29 Å². The van der Waals surface area contributed by atoms with Crippen molar-refractivity contribution in [3.05, 3.63) is 36.0 Å². The molecule has 1 aromatic heterocycles. The van der Waals surface area contributed by atoms with Crippen molar-refractivity contribution in [2.24, 2.45) is 0 Å². The quantitative estimate of drug-likeness (QED) is 0.719. The summed E-state index contributed by atoms with van der Waals surface area (Å²) in [6.07, 6.45) is 4.88. The molecule has 2 aromatic rings. The largest absolute Gasteiger partial charge is 0.337 e. The monoisotopic (exact) mass is 205 g/mol. The molecule has 0 aliphatic heterocycles. The Morgan fingerprint density at radius 1 is 1.43 bits per heavy atom. The maximum atomic E-state index is 10.8. The van der Waals surface area contributed by atoms with E-state index in [1.807, 2.05) is 30.5 Å². The SMILES string of the molecule is CSCn1cc(C=O)c2ccccc21. The second-order valence-electron chi connectivity index (χ2n) is 3.11. The molecule has 3 heteroatoms. The normalized spacial score (nSPS) is 10.6. The summed E-state index contributed by atoms with van der Waals surface area (Å²) in [4.78, 5) is 10.8. The Bertz CT molecular complexity index is 461. The summed E-state index contributed by atoms with van der Waals surface area (Å²) in [5, 5.41) is 1.04. The third kappa shape index (κ3) is 1.44. The van der Waals surface area contributed by atoms with Crippen molar-refractivity contribution in [1.82, 2.24) is 4.57 Å². The number of aromatic nitrogens is 1. The lowest BCUT2D eigenvalue weighted by molar-refractivity contribution is 0.112. The van der Waals surface area contributed by atoms with Crippen molar-refractivity contribution < 1.29 is 4.79 Å². The highest BCUT2D eigenvalue weighted by Crippen LogP contribution is 2.21. The van der Waals surface area contributed by atoms with E-state index in [0.717, 1.165) is 28.6 Å². The Labute approximate surface area is 86.9 Å². The van der Waals surface area contributed by atoms with Crippen LogP contribution in [0.4, 0.5) is 0 Å². The summed E-state index contributed by atoms with van der Waals surface area (Å²) >= 11 is 1.74. The van der Waals surface area contributed by atoms with Crippen LogP contribution in [-0.2, 0) is 5.88 Å². The summed E-state index contributed by atoms with van der Waals surface area (Å²) in [5.74, 6) is 0.883. The van der Waals surface area contributed by atoms with Gasteiger partial charge in [0.1, 0.15) is 0 Å². The van der Waals surface area contributed by atoms with Crippen LogP contribution in [0.5, 0.6) is 0 Å². The smallest absolute Gasteiger partial charge is 0.152 e. The summed E-state index contributed by atoms with van der Waals surface area (Å²) in [6, 6.07) is 7.97. The van der Waals surface area contributed by atoms with Crippen molar-refractivity contribution in [3.8, 4) is 0 Å². The second-order valence-corrected chi connectivity index (χ2v) is 3.94. The van der Waals surface area contributed by atoms with E-state index in [4.69, 9.17) is 0 Å². The van der Waals surface area contributed by atoms with Gasteiger partial charge in [-0.3, -0.25) is 4.79 Å². The van der Waals surface area contributed by atoms with Crippen molar-refractivity contribution in [2.75, 3.05) is 6.26 Å². The number of para-hydroxylation sites is 1. The van der Waals surface area contributed by atoms with Gasteiger partial charge in [-0.05, 0) is 12.3 Å². The molecule has 0 saturated carbocycles. The maximum Gasteiger partial charge on any atom is 0.152 e. The molecule has 2 rings (SSSR count). The van der Waals surface area contributed by atoms with Crippen molar-refractivity contribution in [1.29, 1.82) is 0 Å². The fourth-order valence-corrected chi connectivity index (χ4v) is 2.11. The lowest BCUT2D eigenvalue weighted by atomic mass is 10.2. The highest BCUT2D eigenvalue weighted by molar-refractivity contribution is 7.97. The number of carbonyl (C=O) groups excluding carboxylic acids is 1. The third-order valence-electron chi connectivity index (χ3n) is 2.21. The van der Waals surface area contributed by atoms with Crippen LogP contribution >= 0.6 is 11.8 Å². The molecular weight excluding hydrogens is 194 g/mol. The number of rotatable bonds is 3. The molecule has 0 radical (unpaired) electrons. The Balaban J connectivity index is 2.66. The molecule has 0 saturated heterocycles. The topological polar surface area (TPSA) is 22.0 Å². The Hall–Kier alpha value is -1.22. The van der Waals surface area contributed by atoms with E-state index in [1.54, 1.807) is 11.8 Å². The van der Waals surface area contributed by atoms with E-state index in [-0.39, 0.29) is 0 Å². The lowest BCUT2D eigenvalue weighted by Gasteiger charge is -2.00. The van der Waals surface area contributed by atoms with Crippen LogP contribution in [0.2, 0.25) is 0 Å². The molecule has 0 unspecified atom stereocenters. The first-order valence-corrected chi connectivity index (χ1v) is 5.78. The zero-order chi connectivity index (χ0) is 9.97. The first-order chi connectivity index (χ1) is 6.86. The number of nitrogens with zero attached hydrogens (tertiary/aromatic N) is 1. The van der Waals surface area contributed by atoms with Gasteiger partial charge in [0.25, 0.3) is 0 Å². The van der Waals surface area contributed by atoms with Gasteiger partial charge < -0.3 is 4.57 Å².